The summed E-state index contributed by atoms with van der Waals surface area (Å²) in [7, 11) is -3.55. The molecule has 114 valence electrons. The van der Waals surface area contributed by atoms with E-state index in [1.165, 1.54) is 0 Å². The Hall–Kier alpha value is -0.560. The van der Waals surface area contributed by atoms with Gasteiger partial charge in [0.05, 0.1) is 11.5 Å². The molecule has 0 aliphatic carbocycles. The molecule has 0 saturated carbocycles. The van der Waals surface area contributed by atoms with E-state index in [0.29, 0.717) is 11.1 Å². The smallest absolute Gasteiger partial charge is 0.241 e. The number of rotatable bonds is 7. The highest BCUT2D eigenvalue weighted by molar-refractivity contribution is 7.98. The number of thioether (sulfide) groups is 1. The summed E-state index contributed by atoms with van der Waals surface area (Å²) in [6, 6.07) is 3.29. The van der Waals surface area contributed by atoms with Crippen LogP contribution >= 0.6 is 11.8 Å². The van der Waals surface area contributed by atoms with Crippen LogP contribution in [0, 0.1) is 13.8 Å². The molecule has 1 atom stereocenters. The fourth-order valence-electron chi connectivity index (χ4n) is 2.05. The first-order valence-electron chi connectivity index (χ1n) is 6.58. The molecular formula is C14H23NO3S2. The molecule has 20 heavy (non-hydrogen) atoms. The fourth-order valence-corrected chi connectivity index (χ4v) is 4.48. The normalized spacial score (nSPS) is 13.4. The molecule has 0 amide bonds. The second-order valence-electron chi connectivity index (χ2n) is 4.88. The highest BCUT2D eigenvalue weighted by Gasteiger charge is 2.21. The standard InChI is InChI=1S/C14H23NO3S2/c1-5-13(9-19-4)15-20(17,18)14-7-12(8-16)10(2)6-11(14)3/h6-7,13,15-16H,5,8-9H2,1-4H3. The Morgan fingerprint density at radius 3 is 2.45 bits per heavy atom. The average molecular weight is 317 g/mol. The summed E-state index contributed by atoms with van der Waals surface area (Å²) in [6.45, 7) is 5.45. The number of nitrogens with one attached hydrogen (secondary N) is 1. The van der Waals surface area contributed by atoms with Crippen molar-refractivity contribution in [2.75, 3.05) is 12.0 Å². The van der Waals surface area contributed by atoms with Crippen LogP contribution in [0.4, 0.5) is 0 Å². The second kappa shape index (κ2) is 7.45. The molecule has 2 N–H and O–H groups in total. The molecule has 1 rings (SSSR count). The van der Waals surface area contributed by atoms with E-state index in [-0.39, 0.29) is 17.5 Å². The Labute approximate surface area is 126 Å². The van der Waals surface area contributed by atoms with E-state index < -0.39 is 10.0 Å². The van der Waals surface area contributed by atoms with Gasteiger partial charge in [0.2, 0.25) is 10.0 Å². The zero-order valence-electron chi connectivity index (χ0n) is 12.4. The summed E-state index contributed by atoms with van der Waals surface area (Å²) in [5, 5.41) is 9.29. The average Bonchev–Trinajstić information content (AvgIpc) is 2.37. The van der Waals surface area contributed by atoms with Crippen molar-refractivity contribution in [1.82, 2.24) is 4.72 Å². The summed E-state index contributed by atoms with van der Waals surface area (Å²) >= 11 is 1.62. The Balaban J connectivity index is 3.15. The monoisotopic (exact) mass is 317 g/mol. The molecule has 0 spiro atoms. The fraction of sp³-hybridized carbons (Fsp3) is 0.571. The van der Waals surface area contributed by atoms with Gasteiger partial charge in [-0.25, -0.2) is 13.1 Å². The SMILES string of the molecule is CCC(CSC)NS(=O)(=O)c1cc(CO)c(C)cc1C. The third kappa shape index (κ3) is 4.22. The van der Waals surface area contributed by atoms with Gasteiger partial charge in [-0.1, -0.05) is 13.0 Å². The van der Waals surface area contributed by atoms with Crippen molar-refractivity contribution in [2.24, 2.45) is 0 Å². The number of aryl methyl sites for hydroxylation is 2. The predicted octanol–water partition coefficient (Wildman–Crippen LogP) is 2.22. The maximum Gasteiger partial charge on any atom is 0.241 e. The van der Waals surface area contributed by atoms with Crippen molar-refractivity contribution in [3.63, 3.8) is 0 Å². The van der Waals surface area contributed by atoms with Crippen molar-refractivity contribution < 1.29 is 13.5 Å². The second-order valence-corrected chi connectivity index (χ2v) is 7.48. The lowest BCUT2D eigenvalue weighted by molar-refractivity contribution is 0.280. The lowest BCUT2D eigenvalue weighted by atomic mass is 10.1. The highest BCUT2D eigenvalue weighted by Crippen LogP contribution is 2.21. The summed E-state index contributed by atoms with van der Waals surface area (Å²) in [6.07, 6.45) is 2.70. The van der Waals surface area contributed by atoms with Crippen LogP contribution in [-0.4, -0.2) is 31.6 Å². The van der Waals surface area contributed by atoms with Crippen LogP contribution in [0.5, 0.6) is 0 Å². The molecular weight excluding hydrogens is 294 g/mol. The van der Waals surface area contributed by atoms with Gasteiger partial charge in [0.25, 0.3) is 0 Å². The Bertz CT molecular complexity index is 556. The number of hydrogen-bond acceptors (Lipinski definition) is 4. The number of sulfonamides is 1. The third-order valence-electron chi connectivity index (χ3n) is 3.28. The molecule has 1 aromatic carbocycles. The number of aliphatic hydroxyl groups is 1. The molecule has 0 aliphatic heterocycles. The Morgan fingerprint density at radius 2 is 1.95 bits per heavy atom. The van der Waals surface area contributed by atoms with Gasteiger partial charge in [0.1, 0.15) is 0 Å². The first-order valence-corrected chi connectivity index (χ1v) is 9.45. The van der Waals surface area contributed by atoms with Crippen LogP contribution in [-0.2, 0) is 16.6 Å². The van der Waals surface area contributed by atoms with E-state index in [9.17, 15) is 13.5 Å². The van der Waals surface area contributed by atoms with Crippen LogP contribution in [0.15, 0.2) is 17.0 Å². The summed E-state index contributed by atoms with van der Waals surface area (Å²) < 4.78 is 27.7. The molecule has 0 radical (unpaired) electrons. The van der Waals surface area contributed by atoms with Crippen LogP contribution in [0.3, 0.4) is 0 Å². The number of aliphatic hydroxyl groups excluding tert-OH is 1. The molecule has 1 aromatic rings. The minimum Gasteiger partial charge on any atom is -0.392 e. The van der Waals surface area contributed by atoms with Crippen molar-refractivity contribution in [3.05, 3.63) is 28.8 Å². The van der Waals surface area contributed by atoms with E-state index in [1.54, 1.807) is 30.8 Å². The molecule has 0 saturated heterocycles. The largest absolute Gasteiger partial charge is 0.392 e. The molecule has 4 nitrogen and oxygen atoms in total. The van der Waals surface area contributed by atoms with E-state index >= 15 is 0 Å². The minimum absolute atomic E-state index is 0.0757. The Kier molecular flexibility index (Phi) is 6.51. The van der Waals surface area contributed by atoms with E-state index in [0.717, 1.165) is 17.7 Å². The molecule has 0 bridgehead atoms. The Morgan fingerprint density at radius 1 is 1.30 bits per heavy atom. The van der Waals surface area contributed by atoms with E-state index in [1.807, 2.05) is 20.1 Å². The molecule has 0 aromatic heterocycles. The minimum atomic E-state index is -3.55. The quantitative estimate of drug-likeness (QED) is 0.809. The lowest BCUT2D eigenvalue weighted by Crippen LogP contribution is -2.36. The van der Waals surface area contributed by atoms with Crippen molar-refractivity contribution in [2.45, 2.75) is 44.7 Å². The summed E-state index contributed by atoms with van der Waals surface area (Å²) in [4.78, 5) is 0.256. The van der Waals surface area contributed by atoms with Gasteiger partial charge in [-0.2, -0.15) is 11.8 Å². The van der Waals surface area contributed by atoms with Crippen molar-refractivity contribution >= 4 is 21.8 Å². The molecule has 6 heteroatoms. The summed E-state index contributed by atoms with van der Waals surface area (Å²) in [5.41, 5.74) is 2.25. The van der Waals surface area contributed by atoms with Crippen LogP contribution in [0.1, 0.15) is 30.0 Å². The van der Waals surface area contributed by atoms with E-state index in [4.69, 9.17) is 0 Å². The molecule has 0 aliphatic rings. The van der Waals surface area contributed by atoms with Gasteiger partial charge < -0.3 is 5.11 Å². The molecule has 0 fully saturated rings. The maximum absolute atomic E-state index is 12.5. The van der Waals surface area contributed by atoms with Crippen molar-refractivity contribution in [1.29, 1.82) is 0 Å². The summed E-state index contributed by atoms with van der Waals surface area (Å²) in [5.74, 6) is 0.744. The van der Waals surface area contributed by atoms with Gasteiger partial charge in [-0.05, 0) is 49.3 Å². The first-order chi connectivity index (χ1) is 9.35. The zero-order valence-corrected chi connectivity index (χ0v) is 14.1. The predicted molar refractivity (Wildman–Crippen MR) is 84.6 cm³/mol. The van der Waals surface area contributed by atoms with Crippen LogP contribution in [0.25, 0.3) is 0 Å². The van der Waals surface area contributed by atoms with Gasteiger partial charge >= 0.3 is 0 Å². The zero-order chi connectivity index (χ0) is 15.3. The number of benzene rings is 1. The molecule has 1 unspecified atom stereocenters. The lowest BCUT2D eigenvalue weighted by Gasteiger charge is -2.18. The van der Waals surface area contributed by atoms with Gasteiger partial charge in [0.15, 0.2) is 0 Å². The van der Waals surface area contributed by atoms with Gasteiger partial charge in [-0.3, -0.25) is 0 Å². The maximum atomic E-state index is 12.5. The van der Waals surface area contributed by atoms with Gasteiger partial charge in [0, 0.05) is 11.8 Å². The van der Waals surface area contributed by atoms with Crippen LogP contribution < -0.4 is 4.72 Å². The topological polar surface area (TPSA) is 66.4 Å². The molecule has 0 heterocycles. The third-order valence-corrected chi connectivity index (χ3v) is 5.67. The number of hydrogen-bond donors (Lipinski definition) is 2. The first kappa shape index (κ1) is 17.5. The van der Waals surface area contributed by atoms with E-state index in [2.05, 4.69) is 4.72 Å². The highest BCUT2D eigenvalue weighted by atomic mass is 32.2. The van der Waals surface area contributed by atoms with Gasteiger partial charge in [-0.15, -0.1) is 0 Å². The van der Waals surface area contributed by atoms with Crippen molar-refractivity contribution in [3.8, 4) is 0 Å². The van der Waals surface area contributed by atoms with Crippen LogP contribution in [0.2, 0.25) is 0 Å².